The van der Waals surface area contributed by atoms with E-state index in [1.54, 1.807) is 12.1 Å². The molecule has 0 aliphatic heterocycles. The SMILES string of the molecule is CC(C)c1ccc(Oc2ccc(Br)cc2/C(N)=N/O)cc1. The van der Waals surface area contributed by atoms with E-state index in [1.165, 1.54) is 5.56 Å². The fourth-order valence-corrected chi connectivity index (χ4v) is 2.25. The average molecular weight is 349 g/mol. The molecule has 0 bridgehead atoms. The first-order valence-electron chi connectivity index (χ1n) is 6.56. The van der Waals surface area contributed by atoms with Gasteiger partial charge in [0.1, 0.15) is 11.5 Å². The van der Waals surface area contributed by atoms with E-state index < -0.39 is 0 Å². The number of benzene rings is 2. The lowest BCUT2D eigenvalue weighted by atomic mass is 10.0. The first-order chi connectivity index (χ1) is 10.0. The number of rotatable bonds is 4. The number of hydrogen-bond acceptors (Lipinski definition) is 3. The molecule has 0 aliphatic rings. The molecule has 0 aromatic heterocycles. The van der Waals surface area contributed by atoms with Crippen molar-refractivity contribution in [3.05, 3.63) is 58.1 Å². The van der Waals surface area contributed by atoms with Crippen LogP contribution >= 0.6 is 15.9 Å². The summed E-state index contributed by atoms with van der Waals surface area (Å²) in [6.07, 6.45) is 0. The van der Waals surface area contributed by atoms with Crippen molar-refractivity contribution >= 4 is 21.8 Å². The Bertz CT molecular complexity index is 652. The summed E-state index contributed by atoms with van der Waals surface area (Å²) in [5, 5.41) is 11.9. The second-order valence-electron chi connectivity index (χ2n) is 4.95. The van der Waals surface area contributed by atoms with Crippen LogP contribution in [0.25, 0.3) is 0 Å². The Kier molecular flexibility index (Phi) is 4.85. The molecular formula is C16H17BrN2O2. The van der Waals surface area contributed by atoms with Gasteiger partial charge in [0.05, 0.1) is 5.56 Å². The van der Waals surface area contributed by atoms with Crippen LogP contribution < -0.4 is 10.5 Å². The van der Waals surface area contributed by atoms with E-state index in [0.29, 0.717) is 23.0 Å². The second-order valence-corrected chi connectivity index (χ2v) is 5.87. The van der Waals surface area contributed by atoms with Gasteiger partial charge in [-0.2, -0.15) is 0 Å². The topological polar surface area (TPSA) is 67.8 Å². The standard InChI is InChI=1S/C16H17BrN2O2/c1-10(2)11-3-6-13(7-4-11)21-15-8-5-12(17)9-14(15)16(18)19-20/h3-10,20H,1-2H3,(H2,18,19). The summed E-state index contributed by atoms with van der Waals surface area (Å²) in [5.41, 5.74) is 7.45. The molecule has 2 aromatic carbocycles. The van der Waals surface area contributed by atoms with E-state index in [9.17, 15) is 0 Å². The molecule has 0 heterocycles. The highest BCUT2D eigenvalue weighted by Gasteiger charge is 2.10. The highest BCUT2D eigenvalue weighted by atomic mass is 79.9. The third-order valence-corrected chi connectivity index (χ3v) is 3.59. The van der Waals surface area contributed by atoms with E-state index in [-0.39, 0.29) is 5.84 Å². The number of amidine groups is 1. The Balaban J connectivity index is 2.31. The summed E-state index contributed by atoms with van der Waals surface area (Å²) in [6.45, 7) is 4.28. The number of nitrogens with zero attached hydrogens (tertiary/aromatic N) is 1. The zero-order valence-electron chi connectivity index (χ0n) is 11.9. The van der Waals surface area contributed by atoms with Gasteiger partial charge in [0.25, 0.3) is 0 Å². The largest absolute Gasteiger partial charge is 0.457 e. The maximum atomic E-state index is 8.86. The lowest BCUT2D eigenvalue weighted by molar-refractivity contribution is 0.318. The van der Waals surface area contributed by atoms with Gasteiger partial charge in [-0.15, -0.1) is 0 Å². The summed E-state index contributed by atoms with van der Waals surface area (Å²) >= 11 is 3.36. The minimum Gasteiger partial charge on any atom is -0.457 e. The van der Waals surface area contributed by atoms with Crippen molar-refractivity contribution in [3.8, 4) is 11.5 Å². The number of nitrogens with two attached hydrogens (primary N) is 1. The summed E-state index contributed by atoms with van der Waals surface area (Å²) < 4.78 is 6.65. The molecule has 110 valence electrons. The fraction of sp³-hybridized carbons (Fsp3) is 0.188. The average Bonchev–Trinajstić information content (AvgIpc) is 2.48. The van der Waals surface area contributed by atoms with E-state index in [4.69, 9.17) is 15.7 Å². The normalized spacial score (nSPS) is 11.7. The maximum absolute atomic E-state index is 8.86. The zero-order chi connectivity index (χ0) is 15.4. The monoisotopic (exact) mass is 348 g/mol. The Labute approximate surface area is 132 Å². The predicted octanol–water partition coefficient (Wildman–Crippen LogP) is 4.46. The van der Waals surface area contributed by atoms with Gasteiger partial charge in [0, 0.05) is 4.47 Å². The van der Waals surface area contributed by atoms with Crippen molar-refractivity contribution in [2.45, 2.75) is 19.8 Å². The van der Waals surface area contributed by atoms with Gasteiger partial charge in [0.2, 0.25) is 0 Å². The van der Waals surface area contributed by atoms with E-state index in [0.717, 1.165) is 4.47 Å². The van der Waals surface area contributed by atoms with Crippen LogP contribution in [0.15, 0.2) is 52.1 Å². The van der Waals surface area contributed by atoms with Crippen molar-refractivity contribution in [1.82, 2.24) is 0 Å². The lowest BCUT2D eigenvalue weighted by Gasteiger charge is -2.12. The first kappa shape index (κ1) is 15.4. The van der Waals surface area contributed by atoms with Crippen LogP contribution in [-0.2, 0) is 0 Å². The summed E-state index contributed by atoms with van der Waals surface area (Å²) in [6, 6.07) is 13.2. The molecule has 2 aromatic rings. The summed E-state index contributed by atoms with van der Waals surface area (Å²) in [7, 11) is 0. The van der Waals surface area contributed by atoms with E-state index in [2.05, 4.69) is 34.9 Å². The molecule has 0 fully saturated rings. The Morgan fingerprint density at radius 2 is 1.86 bits per heavy atom. The second kappa shape index (κ2) is 6.63. The van der Waals surface area contributed by atoms with Crippen LogP contribution in [0.2, 0.25) is 0 Å². The van der Waals surface area contributed by atoms with Gasteiger partial charge < -0.3 is 15.7 Å². The van der Waals surface area contributed by atoms with Gasteiger partial charge in [-0.25, -0.2) is 0 Å². The van der Waals surface area contributed by atoms with Crippen molar-refractivity contribution in [1.29, 1.82) is 0 Å². The van der Waals surface area contributed by atoms with Crippen LogP contribution in [0.1, 0.15) is 30.9 Å². The molecule has 0 saturated heterocycles. The van der Waals surface area contributed by atoms with Gasteiger partial charge in [-0.3, -0.25) is 0 Å². The number of oxime groups is 1. The van der Waals surface area contributed by atoms with E-state index in [1.807, 2.05) is 30.3 Å². The van der Waals surface area contributed by atoms with Gasteiger partial charge >= 0.3 is 0 Å². The van der Waals surface area contributed by atoms with Crippen molar-refractivity contribution in [2.24, 2.45) is 10.9 Å². The predicted molar refractivity (Wildman–Crippen MR) is 87.3 cm³/mol. The minimum absolute atomic E-state index is 0.00472. The molecule has 2 rings (SSSR count). The molecular weight excluding hydrogens is 332 g/mol. The molecule has 0 amide bonds. The molecule has 0 saturated carbocycles. The number of halogens is 1. The molecule has 0 unspecified atom stereocenters. The molecule has 0 aliphatic carbocycles. The van der Waals surface area contributed by atoms with Crippen molar-refractivity contribution < 1.29 is 9.94 Å². The van der Waals surface area contributed by atoms with Gasteiger partial charge in [0.15, 0.2) is 5.84 Å². The quantitative estimate of drug-likeness (QED) is 0.371. The molecule has 0 spiro atoms. The van der Waals surface area contributed by atoms with Crippen LogP contribution in [0.3, 0.4) is 0 Å². The van der Waals surface area contributed by atoms with Crippen LogP contribution in [0.5, 0.6) is 11.5 Å². The lowest BCUT2D eigenvalue weighted by Crippen LogP contribution is -2.14. The highest BCUT2D eigenvalue weighted by Crippen LogP contribution is 2.29. The third kappa shape index (κ3) is 3.76. The van der Waals surface area contributed by atoms with Crippen LogP contribution in [0.4, 0.5) is 0 Å². The molecule has 3 N–H and O–H groups in total. The Hall–Kier alpha value is -2.01. The number of hydrogen-bond donors (Lipinski definition) is 2. The fourth-order valence-electron chi connectivity index (χ4n) is 1.89. The molecule has 4 nitrogen and oxygen atoms in total. The van der Waals surface area contributed by atoms with Crippen molar-refractivity contribution in [2.75, 3.05) is 0 Å². The minimum atomic E-state index is 0.00472. The zero-order valence-corrected chi connectivity index (χ0v) is 13.5. The number of ether oxygens (including phenoxy) is 1. The van der Waals surface area contributed by atoms with E-state index >= 15 is 0 Å². The molecule has 0 atom stereocenters. The van der Waals surface area contributed by atoms with Gasteiger partial charge in [-0.1, -0.05) is 47.1 Å². The summed E-state index contributed by atoms with van der Waals surface area (Å²) in [5.74, 6) is 1.71. The Morgan fingerprint density at radius 1 is 1.19 bits per heavy atom. The van der Waals surface area contributed by atoms with Gasteiger partial charge in [-0.05, 0) is 41.8 Å². The third-order valence-electron chi connectivity index (χ3n) is 3.10. The first-order valence-corrected chi connectivity index (χ1v) is 7.36. The smallest absolute Gasteiger partial charge is 0.173 e. The van der Waals surface area contributed by atoms with Crippen molar-refractivity contribution in [3.63, 3.8) is 0 Å². The summed E-state index contributed by atoms with van der Waals surface area (Å²) in [4.78, 5) is 0. The van der Waals surface area contributed by atoms with Crippen LogP contribution in [0, 0.1) is 0 Å². The highest BCUT2D eigenvalue weighted by molar-refractivity contribution is 9.10. The molecule has 0 radical (unpaired) electrons. The Morgan fingerprint density at radius 3 is 2.43 bits per heavy atom. The maximum Gasteiger partial charge on any atom is 0.173 e. The van der Waals surface area contributed by atoms with Crippen LogP contribution in [-0.4, -0.2) is 11.0 Å². The molecule has 5 heteroatoms. The molecule has 21 heavy (non-hydrogen) atoms.